The third-order valence-corrected chi connectivity index (χ3v) is 6.14. The molecule has 0 atom stereocenters. The minimum atomic E-state index is -3.69. The van der Waals surface area contributed by atoms with E-state index in [1.165, 1.54) is 16.7 Å². The van der Waals surface area contributed by atoms with Crippen LogP contribution in [0.15, 0.2) is 51.2 Å². The predicted molar refractivity (Wildman–Crippen MR) is 121 cm³/mol. The summed E-state index contributed by atoms with van der Waals surface area (Å²) in [7, 11) is -3.69. The topological polar surface area (TPSA) is 161 Å². The Bertz CT molecular complexity index is 1260. The molecule has 31 heavy (non-hydrogen) atoms. The number of aliphatic imine (C=N–C) groups is 1. The van der Waals surface area contributed by atoms with Crippen LogP contribution in [0.2, 0.25) is 0 Å². The highest BCUT2D eigenvalue weighted by molar-refractivity contribution is 7.89. The average molecular weight is 446 g/mol. The van der Waals surface area contributed by atoms with Crippen LogP contribution in [0.5, 0.6) is 0 Å². The summed E-state index contributed by atoms with van der Waals surface area (Å²) in [5.74, 6) is -0.0318. The van der Waals surface area contributed by atoms with Crippen molar-refractivity contribution in [1.82, 2.24) is 19.3 Å². The molecule has 0 aliphatic rings. The molecule has 0 saturated carbocycles. The van der Waals surface area contributed by atoms with Crippen LogP contribution in [0.1, 0.15) is 32.9 Å². The summed E-state index contributed by atoms with van der Waals surface area (Å²) in [4.78, 5) is 23.7. The fraction of sp³-hybridized carbons (Fsp3) is 0.350. The van der Waals surface area contributed by atoms with Crippen LogP contribution in [0.25, 0.3) is 16.7 Å². The zero-order chi connectivity index (χ0) is 22.8. The fourth-order valence-electron chi connectivity index (χ4n) is 2.95. The first-order valence-corrected chi connectivity index (χ1v) is 11.2. The first kappa shape index (κ1) is 22.5. The molecular formula is C20H27N7O3S. The summed E-state index contributed by atoms with van der Waals surface area (Å²) in [6.45, 7) is 6.73. The second-order valence-corrected chi connectivity index (χ2v) is 9.95. The summed E-state index contributed by atoms with van der Waals surface area (Å²) >= 11 is 0. The number of sulfonamides is 1. The van der Waals surface area contributed by atoms with Crippen molar-refractivity contribution in [3.8, 4) is 5.69 Å². The van der Waals surface area contributed by atoms with Crippen molar-refractivity contribution in [2.75, 3.05) is 13.1 Å². The van der Waals surface area contributed by atoms with Crippen LogP contribution < -0.4 is 21.9 Å². The molecule has 11 heteroatoms. The van der Waals surface area contributed by atoms with Crippen molar-refractivity contribution in [2.45, 2.75) is 37.5 Å². The number of guanidine groups is 1. The molecule has 0 unspecified atom stereocenters. The van der Waals surface area contributed by atoms with E-state index in [-0.39, 0.29) is 22.8 Å². The van der Waals surface area contributed by atoms with Crippen molar-refractivity contribution in [3.05, 3.63) is 52.7 Å². The van der Waals surface area contributed by atoms with E-state index in [4.69, 9.17) is 11.5 Å². The molecule has 0 saturated heterocycles. The van der Waals surface area contributed by atoms with E-state index in [9.17, 15) is 13.2 Å². The molecule has 0 radical (unpaired) electrons. The Hall–Kier alpha value is -3.18. The molecular weight excluding hydrogens is 418 g/mol. The van der Waals surface area contributed by atoms with Gasteiger partial charge in [0.1, 0.15) is 5.65 Å². The van der Waals surface area contributed by atoms with Gasteiger partial charge in [-0.05, 0) is 36.8 Å². The molecule has 0 aliphatic carbocycles. The standard InChI is InChI=1S/C20H27N7O3S/c1-20(2,3)16-11-13-12-27(19(28)26-17(13)25-16)14-5-7-15(8-6-14)31(29,30)24-10-4-9-23-18(21)22/h5-8,11-12,24H,4,9-10H2,1-3H3,(H4,21,22,23)(H,25,26,28). The number of hydrogen-bond acceptors (Lipinski definition) is 5. The van der Waals surface area contributed by atoms with E-state index in [1.807, 2.05) is 6.07 Å². The molecule has 3 rings (SSSR count). The fourth-order valence-corrected chi connectivity index (χ4v) is 4.02. The highest BCUT2D eigenvalue weighted by Gasteiger charge is 2.18. The highest BCUT2D eigenvalue weighted by atomic mass is 32.2. The lowest BCUT2D eigenvalue weighted by Crippen LogP contribution is -2.26. The number of benzene rings is 1. The summed E-state index contributed by atoms with van der Waals surface area (Å²) < 4.78 is 28.8. The van der Waals surface area contributed by atoms with Crippen molar-refractivity contribution >= 4 is 27.0 Å². The maximum atomic E-state index is 12.5. The van der Waals surface area contributed by atoms with Gasteiger partial charge in [0.25, 0.3) is 0 Å². The van der Waals surface area contributed by atoms with E-state index in [0.717, 1.165) is 11.1 Å². The normalized spacial score (nSPS) is 12.2. The number of nitrogens with one attached hydrogen (secondary N) is 2. The summed E-state index contributed by atoms with van der Waals surface area (Å²) in [5, 5.41) is 0.795. The molecule has 0 fully saturated rings. The Balaban J connectivity index is 1.80. The lowest BCUT2D eigenvalue weighted by molar-refractivity contribution is 0.574. The first-order chi connectivity index (χ1) is 14.5. The second kappa shape index (κ2) is 8.52. The van der Waals surface area contributed by atoms with Gasteiger partial charge in [-0.3, -0.25) is 9.56 Å². The monoisotopic (exact) mass is 445 g/mol. The first-order valence-electron chi connectivity index (χ1n) is 9.76. The second-order valence-electron chi connectivity index (χ2n) is 8.18. The number of aromatic nitrogens is 3. The lowest BCUT2D eigenvalue weighted by atomic mass is 9.92. The van der Waals surface area contributed by atoms with Gasteiger partial charge in [-0.1, -0.05) is 20.8 Å². The third-order valence-electron chi connectivity index (χ3n) is 4.66. The van der Waals surface area contributed by atoms with Crippen molar-refractivity contribution in [3.63, 3.8) is 0 Å². The van der Waals surface area contributed by atoms with Crippen LogP contribution in [0, 0.1) is 0 Å². The van der Waals surface area contributed by atoms with E-state index in [0.29, 0.717) is 24.3 Å². The molecule has 1 aromatic carbocycles. The lowest BCUT2D eigenvalue weighted by Gasteiger charge is -2.15. The van der Waals surface area contributed by atoms with E-state index < -0.39 is 15.7 Å². The Morgan fingerprint density at radius 1 is 1.23 bits per heavy atom. The maximum Gasteiger partial charge on any atom is 0.354 e. The largest absolute Gasteiger partial charge is 0.370 e. The molecule has 10 nitrogen and oxygen atoms in total. The molecule has 0 amide bonds. The average Bonchev–Trinajstić information content (AvgIpc) is 3.10. The smallest absolute Gasteiger partial charge is 0.354 e. The number of aromatic amines is 1. The zero-order valence-electron chi connectivity index (χ0n) is 17.7. The van der Waals surface area contributed by atoms with Crippen molar-refractivity contribution in [1.29, 1.82) is 0 Å². The van der Waals surface area contributed by atoms with Crippen LogP contribution in [-0.2, 0) is 15.4 Å². The Labute approximate surface area is 180 Å². The van der Waals surface area contributed by atoms with Crippen LogP contribution in [0.4, 0.5) is 0 Å². The quantitative estimate of drug-likeness (QED) is 0.240. The Morgan fingerprint density at radius 3 is 2.52 bits per heavy atom. The van der Waals surface area contributed by atoms with Gasteiger partial charge >= 0.3 is 5.69 Å². The van der Waals surface area contributed by atoms with Crippen LogP contribution in [-0.4, -0.2) is 42.0 Å². The van der Waals surface area contributed by atoms with E-state index in [2.05, 4.69) is 40.5 Å². The van der Waals surface area contributed by atoms with Crippen LogP contribution >= 0.6 is 0 Å². The Morgan fingerprint density at radius 2 is 1.90 bits per heavy atom. The summed E-state index contributed by atoms with van der Waals surface area (Å²) in [6.07, 6.45) is 2.16. The molecule has 2 heterocycles. The number of nitrogens with zero attached hydrogens (tertiary/aromatic N) is 3. The van der Waals surface area contributed by atoms with Gasteiger partial charge in [0.05, 0.1) is 10.6 Å². The molecule has 6 N–H and O–H groups in total. The molecule has 166 valence electrons. The number of fused-ring (bicyclic) bond motifs is 1. The minimum Gasteiger partial charge on any atom is -0.370 e. The maximum absolute atomic E-state index is 12.5. The number of rotatable bonds is 7. The summed E-state index contributed by atoms with van der Waals surface area (Å²) in [5.41, 5.74) is 11.9. The molecule has 0 aliphatic heterocycles. The number of hydrogen-bond donors (Lipinski definition) is 4. The van der Waals surface area contributed by atoms with Gasteiger partial charge in [0.15, 0.2) is 5.96 Å². The van der Waals surface area contributed by atoms with Crippen LogP contribution in [0.3, 0.4) is 0 Å². The number of nitrogens with two attached hydrogens (primary N) is 2. The third kappa shape index (κ3) is 5.30. The van der Waals surface area contributed by atoms with Gasteiger partial charge in [-0.25, -0.2) is 17.9 Å². The minimum absolute atomic E-state index is 0.0318. The predicted octanol–water partition coefficient (Wildman–Crippen LogP) is 0.953. The Kier molecular flexibility index (Phi) is 6.18. The molecule has 0 bridgehead atoms. The SMILES string of the molecule is CC(C)(C)c1cc2cn(-c3ccc(S(=O)(=O)NCCCN=C(N)N)cc3)c(=O)nc2[nH]1. The molecule has 2 aromatic heterocycles. The van der Waals surface area contributed by atoms with Gasteiger partial charge in [-0.2, -0.15) is 4.98 Å². The van der Waals surface area contributed by atoms with Crippen molar-refractivity contribution in [2.24, 2.45) is 16.5 Å². The van der Waals surface area contributed by atoms with E-state index >= 15 is 0 Å². The number of H-pyrrole nitrogens is 1. The zero-order valence-corrected chi connectivity index (χ0v) is 18.5. The molecule has 3 aromatic rings. The van der Waals surface area contributed by atoms with Gasteiger partial charge in [-0.15, -0.1) is 0 Å². The van der Waals surface area contributed by atoms with Gasteiger partial charge in [0, 0.05) is 35.8 Å². The highest BCUT2D eigenvalue weighted by Crippen LogP contribution is 2.24. The van der Waals surface area contributed by atoms with E-state index in [1.54, 1.807) is 18.3 Å². The van der Waals surface area contributed by atoms with Crippen molar-refractivity contribution < 1.29 is 8.42 Å². The van der Waals surface area contributed by atoms with Gasteiger partial charge < -0.3 is 16.5 Å². The van der Waals surface area contributed by atoms with Gasteiger partial charge in [0.2, 0.25) is 10.0 Å². The summed E-state index contributed by atoms with van der Waals surface area (Å²) in [6, 6.07) is 7.99. The molecule has 0 spiro atoms.